The van der Waals surface area contributed by atoms with E-state index in [0.29, 0.717) is 5.96 Å². The summed E-state index contributed by atoms with van der Waals surface area (Å²) in [5, 5.41) is 8.29. The first-order valence-corrected chi connectivity index (χ1v) is 7.08. The molecular formula is C17H19N3O. The summed E-state index contributed by atoms with van der Waals surface area (Å²) in [5.74, 6) is 0.461. The van der Waals surface area contributed by atoms with Gasteiger partial charge in [0.15, 0.2) is 12.0 Å². The van der Waals surface area contributed by atoms with Crippen LogP contribution in [-0.2, 0) is 4.79 Å². The summed E-state index contributed by atoms with van der Waals surface area (Å²) in [6.07, 6.45) is 0. The van der Waals surface area contributed by atoms with Gasteiger partial charge in [0, 0.05) is 5.54 Å². The number of amides is 1. The van der Waals surface area contributed by atoms with Gasteiger partial charge in [-0.05, 0) is 43.2 Å². The number of hydrogen-bond acceptors (Lipinski definition) is 3. The van der Waals surface area contributed by atoms with E-state index in [2.05, 4.69) is 21.7 Å². The molecule has 2 aromatic carbocycles. The number of benzene rings is 2. The summed E-state index contributed by atoms with van der Waals surface area (Å²) in [4.78, 5) is 16.6. The molecule has 2 N–H and O–H groups in total. The van der Waals surface area contributed by atoms with Crippen LogP contribution in [0.25, 0.3) is 10.8 Å². The van der Waals surface area contributed by atoms with E-state index in [0.717, 1.165) is 16.3 Å². The molecule has 0 spiro atoms. The number of carbonyl (C=O) groups is 1. The lowest BCUT2D eigenvalue weighted by Crippen LogP contribution is -2.46. The van der Waals surface area contributed by atoms with Crippen molar-refractivity contribution >= 4 is 22.6 Å². The standard InChI is InChI=1S/C17H19N3O/c1-17(2,3)20-16-18-14(15(21)19-16)13-9-8-11-6-4-5-7-12(11)10-13/h4-10,14H,1-3H3,(H2,18,19,20,21). The Balaban J connectivity index is 1.92. The maximum absolute atomic E-state index is 12.1. The summed E-state index contributed by atoms with van der Waals surface area (Å²) in [7, 11) is 0. The first-order chi connectivity index (χ1) is 9.92. The second kappa shape index (κ2) is 4.88. The zero-order valence-corrected chi connectivity index (χ0v) is 12.5. The molecule has 21 heavy (non-hydrogen) atoms. The molecule has 1 unspecified atom stereocenters. The van der Waals surface area contributed by atoms with E-state index in [1.807, 2.05) is 57.2 Å². The Bertz CT molecular complexity index is 728. The van der Waals surface area contributed by atoms with E-state index in [-0.39, 0.29) is 11.4 Å². The molecule has 1 amide bonds. The number of nitrogens with one attached hydrogen (secondary N) is 2. The molecule has 1 aliphatic rings. The van der Waals surface area contributed by atoms with E-state index < -0.39 is 6.04 Å². The van der Waals surface area contributed by atoms with Crippen LogP contribution in [-0.4, -0.2) is 17.4 Å². The molecule has 0 bridgehead atoms. The molecule has 2 aromatic rings. The third-order valence-corrected chi connectivity index (χ3v) is 3.33. The minimum Gasteiger partial charge on any atom is -0.351 e. The quantitative estimate of drug-likeness (QED) is 0.844. The minimum absolute atomic E-state index is 0.0861. The lowest BCUT2D eigenvalue weighted by molar-refractivity contribution is -0.120. The van der Waals surface area contributed by atoms with Crippen LogP contribution >= 0.6 is 0 Å². The van der Waals surface area contributed by atoms with Crippen LogP contribution in [0.1, 0.15) is 32.4 Å². The Morgan fingerprint density at radius 3 is 2.52 bits per heavy atom. The van der Waals surface area contributed by atoms with Crippen molar-refractivity contribution in [1.82, 2.24) is 10.6 Å². The van der Waals surface area contributed by atoms with Gasteiger partial charge in [-0.2, -0.15) is 0 Å². The SMILES string of the molecule is CC(C)(C)NC1=NC(c2ccc3ccccc3c2)C(=O)N1. The van der Waals surface area contributed by atoms with Gasteiger partial charge in [0.05, 0.1) is 0 Å². The second-order valence-corrected chi connectivity index (χ2v) is 6.35. The number of hydrogen-bond donors (Lipinski definition) is 2. The van der Waals surface area contributed by atoms with E-state index in [9.17, 15) is 4.79 Å². The van der Waals surface area contributed by atoms with E-state index >= 15 is 0 Å². The lowest BCUT2D eigenvalue weighted by atomic mass is 10.0. The van der Waals surface area contributed by atoms with Gasteiger partial charge in [0.2, 0.25) is 0 Å². The largest absolute Gasteiger partial charge is 0.351 e. The summed E-state index contributed by atoms with van der Waals surface area (Å²) in [6.45, 7) is 6.10. The molecule has 0 fully saturated rings. The lowest BCUT2D eigenvalue weighted by Gasteiger charge is -2.21. The van der Waals surface area contributed by atoms with Gasteiger partial charge in [-0.25, -0.2) is 4.99 Å². The van der Waals surface area contributed by atoms with Crippen molar-refractivity contribution in [2.24, 2.45) is 4.99 Å². The van der Waals surface area contributed by atoms with E-state index in [1.165, 1.54) is 0 Å². The highest BCUT2D eigenvalue weighted by Crippen LogP contribution is 2.25. The Kier molecular flexibility index (Phi) is 3.16. The minimum atomic E-state index is -0.473. The average Bonchev–Trinajstić information content (AvgIpc) is 2.76. The van der Waals surface area contributed by atoms with Crippen molar-refractivity contribution in [2.75, 3.05) is 0 Å². The van der Waals surface area contributed by atoms with Crippen LogP contribution in [0.3, 0.4) is 0 Å². The Hall–Kier alpha value is -2.36. The van der Waals surface area contributed by atoms with Crippen LogP contribution in [0.15, 0.2) is 47.5 Å². The molecule has 108 valence electrons. The van der Waals surface area contributed by atoms with Crippen LogP contribution < -0.4 is 10.6 Å². The van der Waals surface area contributed by atoms with Gasteiger partial charge in [0.25, 0.3) is 5.91 Å². The van der Waals surface area contributed by atoms with Crippen LogP contribution in [0.2, 0.25) is 0 Å². The van der Waals surface area contributed by atoms with Crippen LogP contribution in [0.5, 0.6) is 0 Å². The van der Waals surface area contributed by atoms with Crippen molar-refractivity contribution in [3.8, 4) is 0 Å². The fourth-order valence-corrected chi connectivity index (χ4v) is 2.43. The monoisotopic (exact) mass is 281 g/mol. The van der Waals surface area contributed by atoms with Gasteiger partial charge in [0.1, 0.15) is 0 Å². The number of nitrogens with zero attached hydrogens (tertiary/aromatic N) is 1. The maximum Gasteiger partial charge on any atom is 0.256 e. The van der Waals surface area contributed by atoms with Gasteiger partial charge in [-0.3, -0.25) is 10.1 Å². The Labute approximate surface area is 124 Å². The molecule has 0 radical (unpaired) electrons. The van der Waals surface area contributed by atoms with E-state index in [1.54, 1.807) is 0 Å². The molecule has 3 rings (SSSR count). The zero-order chi connectivity index (χ0) is 15.0. The molecular weight excluding hydrogens is 262 g/mol. The maximum atomic E-state index is 12.1. The first kappa shape index (κ1) is 13.6. The molecule has 4 nitrogen and oxygen atoms in total. The first-order valence-electron chi connectivity index (χ1n) is 7.08. The fraction of sp³-hybridized carbons (Fsp3) is 0.294. The predicted molar refractivity (Wildman–Crippen MR) is 85.2 cm³/mol. The van der Waals surface area contributed by atoms with Crippen molar-refractivity contribution in [1.29, 1.82) is 0 Å². The molecule has 0 saturated heterocycles. The molecule has 4 heteroatoms. The zero-order valence-electron chi connectivity index (χ0n) is 12.5. The topological polar surface area (TPSA) is 53.5 Å². The Morgan fingerprint density at radius 1 is 1.10 bits per heavy atom. The molecule has 0 aromatic heterocycles. The molecule has 1 atom stereocenters. The van der Waals surface area contributed by atoms with Gasteiger partial charge in [-0.15, -0.1) is 0 Å². The van der Waals surface area contributed by atoms with Crippen molar-refractivity contribution in [3.63, 3.8) is 0 Å². The second-order valence-electron chi connectivity index (χ2n) is 6.35. The predicted octanol–water partition coefficient (Wildman–Crippen LogP) is 2.75. The van der Waals surface area contributed by atoms with Crippen LogP contribution in [0.4, 0.5) is 0 Å². The van der Waals surface area contributed by atoms with Crippen molar-refractivity contribution in [2.45, 2.75) is 32.4 Å². The number of aliphatic imine (C=N–C) groups is 1. The molecule has 1 heterocycles. The molecule has 0 aliphatic carbocycles. The summed E-state index contributed by atoms with van der Waals surface area (Å²) in [6, 6.07) is 13.7. The molecule has 0 saturated carbocycles. The van der Waals surface area contributed by atoms with E-state index in [4.69, 9.17) is 0 Å². The van der Waals surface area contributed by atoms with Gasteiger partial charge < -0.3 is 5.32 Å². The number of guanidine groups is 1. The highest BCUT2D eigenvalue weighted by atomic mass is 16.2. The highest BCUT2D eigenvalue weighted by molar-refractivity contribution is 6.05. The Morgan fingerprint density at radius 2 is 1.81 bits per heavy atom. The summed E-state index contributed by atoms with van der Waals surface area (Å²) < 4.78 is 0. The molecule has 1 aliphatic heterocycles. The van der Waals surface area contributed by atoms with Crippen LogP contribution in [0, 0.1) is 0 Å². The third-order valence-electron chi connectivity index (χ3n) is 3.33. The number of fused-ring (bicyclic) bond motifs is 1. The summed E-state index contributed by atoms with van der Waals surface area (Å²) in [5.41, 5.74) is 0.779. The van der Waals surface area contributed by atoms with Crippen molar-refractivity contribution in [3.05, 3.63) is 48.0 Å². The van der Waals surface area contributed by atoms with Gasteiger partial charge in [-0.1, -0.05) is 36.4 Å². The number of rotatable bonds is 1. The normalized spacial score (nSPS) is 18.5. The fourth-order valence-electron chi connectivity index (χ4n) is 2.43. The van der Waals surface area contributed by atoms with Gasteiger partial charge >= 0.3 is 0 Å². The number of carbonyl (C=O) groups excluding carboxylic acids is 1. The summed E-state index contributed by atoms with van der Waals surface area (Å²) >= 11 is 0. The third kappa shape index (κ3) is 2.89. The highest BCUT2D eigenvalue weighted by Gasteiger charge is 2.29. The van der Waals surface area contributed by atoms with Crippen molar-refractivity contribution < 1.29 is 4.79 Å². The average molecular weight is 281 g/mol. The smallest absolute Gasteiger partial charge is 0.256 e.